The molecular weight excluding hydrogens is 348 g/mol. The number of aromatic amines is 1. The molecule has 0 saturated heterocycles. The van der Waals surface area contributed by atoms with E-state index in [0.29, 0.717) is 34.1 Å². The first-order valence-electron chi connectivity index (χ1n) is 8.73. The van der Waals surface area contributed by atoms with Gasteiger partial charge in [0, 0.05) is 17.8 Å². The van der Waals surface area contributed by atoms with Crippen molar-refractivity contribution in [1.82, 2.24) is 20.3 Å². The maximum absolute atomic E-state index is 12.0. The highest BCUT2D eigenvalue weighted by Gasteiger charge is 2.21. The number of ether oxygens (including phenoxy) is 3. The van der Waals surface area contributed by atoms with Gasteiger partial charge in [-0.1, -0.05) is 0 Å². The largest absolute Gasteiger partial charge is 0.493 e. The summed E-state index contributed by atoms with van der Waals surface area (Å²) in [5.74, 6) is 1.58. The maximum atomic E-state index is 12.0. The molecule has 140 valence electrons. The lowest BCUT2D eigenvalue weighted by molar-refractivity contribution is 0.188. The second kappa shape index (κ2) is 7.14. The summed E-state index contributed by atoms with van der Waals surface area (Å²) in [6, 6.07) is 5.70. The summed E-state index contributed by atoms with van der Waals surface area (Å²) in [7, 11) is 3.16. The van der Waals surface area contributed by atoms with Crippen LogP contribution in [0.4, 0.5) is 4.79 Å². The number of fused-ring (bicyclic) bond motifs is 1. The average molecular weight is 368 g/mol. The van der Waals surface area contributed by atoms with Gasteiger partial charge >= 0.3 is 6.09 Å². The Kier molecular flexibility index (Phi) is 4.53. The van der Waals surface area contributed by atoms with Gasteiger partial charge < -0.3 is 24.5 Å². The van der Waals surface area contributed by atoms with E-state index in [0.717, 1.165) is 24.8 Å². The van der Waals surface area contributed by atoms with Gasteiger partial charge in [-0.15, -0.1) is 0 Å². The number of rotatable bonds is 5. The Balaban J connectivity index is 1.62. The second-order valence-electron chi connectivity index (χ2n) is 6.34. The van der Waals surface area contributed by atoms with E-state index in [-0.39, 0.29) is 6.04 Å². The lowest BCUT2D eigenvalue weighted by atomic mass is 9.93. The van der Waals surface area contributed by atoms with Crippen molar-refractivity contribution in [3.8, 4) is 28.5 Å². The molecule has 0 atom stereocenters. The molecule has 2 aromatic heterocycles. The fourth-order valence-corrected chi connectivity index (χ4v) is 2.93. The van der Waals surface area contributed by atoms with Crippen molar-refractivity contribution in [2.45, 2.75) is 25.3 Å². The van der Waals surface area contributed by atoms with Crippen LogP contribution in [0.15, 0.2) is 30.6 Å². The van der Waals surface area contributed by atoms with E-state index >= 15 is 0 Å². The topological polar surface area (TPSA) is 98.4 Å². The Bertz CT molecular complexity index is 981. The number of H-pyrrole nitrogens is 1. The molecule has 0 aliphatic heterocycles. The summed E-state index contributed by atoms with van der Waals surface area (Å²) in [5, 5.41) is 2.84. The van der Waals surface area contributed by atoms with Crippen molar-refractivity contribution in [3.63, 3.8) is 0 Å². The monoisotopic (exact) mass is 368 g/mol. The van der Waals surface area contributed by atoms with E-state index in [1.807, 2.05) is 12.1 Å². The van der Waals surface area contributed by atoms with E-state index < -0.39 is 6.09 Å². The zero-order valence-corrected chi connectivity index (χ0v) is 15.1. The summed E-state index contributed by atoms with van der Waals surface area (Å²) in [4.78, 5) is 24.0. The van der Waals surface area contributed by atoms with Crippen LogP contribution in [-0.4, -0.2) is 41.3 Å². The summed E-state index contributed by atoms with van der Waals surface area (Å²) < 4.78 is 16.0. The number of nitrogens with one attached hydrogen (secondary N) is 2. The predicted octanol–water partition coefficient (Wildman–Crippen LogP) is 3.28. The Morgan fingerprint density at radius 1 is 1.19 bits per heavy atom. The highest BCUT2D eigenvalue weighted by Crippen LogP contribution is 2.32. The quantitative estimate of drug-likeness (QED) is 0.717. The van der Waals surface area contributed by atoms with Crippen molar-refractivity contribution in [2.75, 3.05) is 14.2 Å². The molecule has 0 spiro atoms. The van der Waals surface area contributed by atoms with Crippen LogP contribution in [-0.2, 0) is 0 Å². The normalized spacial score (nSPS) is 13.9. The summed E-state index contributed by atoms with van der Waals surface area (Å²) in [5.41, 5.74) is 2.48. The van der Waals surface area contributed by atoms with Gasteiger partial charge in [-0.05, 0) is 37.5 Å². The van der Waals surface area contributed by atoms with Crippen LogP contribution in [0.5, 0.6) is 17.2 Å². The molecule has 1 amide bonds. The minimum absolute atomic E-state index is 0.205. The molecule has 1 fully saturated rings. The molecule has 1 aliphatic rings. The van der Waals surface area contributed by atoms with Crippen LogP contribution >= 0.6 is 0 Å². The third-order valence-corrected chi connectivity index (χ3v) is 4.65. The lowest BCUT2D eigenvalue weighted by Crippen LogP contribution is -2.41. The molecule has 2 N–H and O–H groups in total. The van der Waals surface area contributed by atoms with Crippen LogP contribution in [0.1, 0.15) is 19.3 Å². The molecule has 8 nitrogen and oxygen atoms in total. The fraction of sp³-hybridized carbons (Fsp3) is 0.316. The third kappa shape index (κ3) is 3.38. The Hall–Kier alpha value is -3.29. The maximum Gasteiger partial charge on any atom is 0.412 e. The first-order valence-corrected chi connectivity index (χ1v) is 8.73. The zero-order chi connectivity index (χ0) is 18.8. The molecule has 0 unspecified atom stereocenters. The number of benzene rings is 1. The van der Waals surface area contributed by atoms with Crippen molar-refractivity contribution in [1.29, 1.82) is 0 Å². The smallest absolute Gasteiger partial charge is 0.412 e. The van der Waals surface area contributed by atoms with Crippen molar-refractivity contribution in [2.24, 2.45) is 0 Å². The third-order valence-electron chi connectivity index (χ3n) is 4.65. The highest BCUT2D eigenvalue weighted by atomic mass is 16.6. The molecule has 0 bridgehead atoms. The first kappa shape index (κ1) is 17.1. The van der Waals surface area contributed by atoms with Crippen LogP contribution in [0, 0.1) is 0 Å². The minimum Gasteiger partial charge on any atom is -0.493 e. The van der Waals surface area contributed by atoms with Crippen molar-refractivity contribution < 1.29 is 19.0 Å². The Morgan fingerprint density at radius 3 is 2.70 bits per heavy atom. The molecular formula is C19H20N4O4. The van der Waals surface area contributed by atoms with E-state index in [4.69, 9.17) is 14.2 Å². The molecule has 27 heavy (non-hydrogen) atoms. The summed E-state index contributed by atoms with van der Waals surface area (Å²) in [6.45, 7) is 0. The van der Waals surface area contributed by atoms with E-state index in [2.05, 4.69) is 20.3 Å². The molecule has 0 radical (unpaired) electrons. The number of hydrogen-bond donors (Lipinski definition) is 2. The number of nitrogens with zero attached hydrogens (tertiary/aromatic N) is 2. The summed E-state index contributed by atoms with van der Waals surface area (Å²) >= 11 is 0. The van der Waals surface area contributed by atoms with E-state index in [1.54, 1.807) is 32.7 Å². The van der Waals surface area contributed by atoms with Crippen LogP contribution in [0.2, 0.25) is 0 Å². The van der Waals surface area contributed by atoms with Crippen LogP contribution in [0.25, 0.3) is 22.4 Å². The number of carbonyl (C=O) groups excluding carboxylic acids is 1. The van der Waals surface area contributed by atoms with Crippen LogP contribution in [0.3, 0.4) is 0 Å². The molecule has 1 aliphatic carbocycles. The standard InChI is InChI=1S/C19H20N4O4/c1-25-14-7-6-11(8-15(14)26-2)13-9-20-18-17(23-13)16(10-21-18)27-19(24)22-12-4-3-5-12/h6-10,12H,3-5H2,1-2H3,(H,20,21)(H,22,24). The number of methoxy groups -OCH3 is 2. The zero-order valence-electron chi connectivity index (χ0n) is 15.1. The van der Waals surface area contributed by atoms with Crippen molar-refractivity contribution >= 4 is 17.3 Å². The van der Waals surface area contributed by atoms with Gasteiger partial charge in [-0.25, -0.2) is 14.8 Å². The molecule has 4 rings (SSSR count). The van der Waals surface area contributed by atoms with E-state index in [9.17, 15) is 4.79 Å². The van der Waals surface area contributed by atoms with Gasteiger partial charge in [0.05, 0.1) is 26.1 Å². The van der Waals surface area contributed by atoms with Gasteiger partial charge in [0.1, 0.15) is 0 Å². The molecule has 3 aromatic rings. The van der Waals surface area contributed by atoms with Gasteiger partial charge in [-0.2, -0.15) is 0 Å². The number of hydrogen-bond acceptors (Lipinski definition) is 6. The first-order chi connectivity index (χ1) is 13.2. The van der Waals surface area contributed by atoms with Crippen molar-refractivity contribution in [3.05, 3.63) is 30.6 Å². The molecule has 8 heteroatoms. The predicted molar refractivity (Wildman–Crippen MR) is 99.2 cm³/mol. The number of carbonyl (C=O) groups is 1. The van der Waals surface area contributed by atoms with Gasteiger partial charge in [0.25, 0.3) is 0 Å². The number of aromatic nitrogens is 3. The lowest BCUT2D eigenvalue weighted by Gasteiger charge is -2.25. The molecule has 2 heterocycles. The highest BCUT2D eigenvalue weighted by molar-refractivity contribution is 5.84. The fourth-order valence-electron chi connectivity index (χ4n) is 2.93. The molecule has 1 saturated carbocycles. The SMILES string of the molecule is COc1ccc(-c2cnc3[nH]cc(OC(=O)NC4CCC4)c3n2)cc1OC. The Labute approximate surface area is 155 Å². The van der Waals surface area contributed by atoms with Crippen LogP contribution < -0.4 is 19.5 Å². The number of amides is 1. The Morgan fingerprint density at radius 2 is 2.00 bits per heavy atom. The second-order valence-corrected chi connectivity index (χ2v) is 6.34. The summed E-state index contributed by atoms with van der Waals surface area (Å²) in [6.07, 6.45) is 5.89. The minimum atomic E-state index is -0.473. The van der Waals surface area contributed by atoms with Gasteiger partial charge in [0.15, 0.2) is 28.4 Å². The van der Waals surface area contributed by atoms with Gasteiger partial charge in [0.2, 0.25) is 0 Å². The van der Waals surface area contributed by atoms with Gasteiger partial charge in [-0.3, -0.25) is 0 Å². The average Bonchev–Trinajstić information content (AvgIpc) is 3.06. The molecule has 1 aromatic carbocycles. The van der Waals surface area contributed by atoms with E-state index in [1.165, 1.54) is 0 Å².